The Balaban J connectivity index is 1.54. The Labute approximate surface area is 183 Å². The molecule has 0 spiro atoms. The SMILES string of the molecule is COc1ccc([N+](=O)[O-])cc1NC(=O)COC(=O)c1c2c(nc3ccccc13)CCCC2. The van der Waals surface area contributed by atoms with Gasteiger partial charge in [-0.1, -0.05) is 18.2 Å². The van der Waals surface area contributed by atoms with Gasteiger partial charge in [0.2, 0.25) is 0 Å². The highest BCUT2D eigenvalue weighted by Crippen LogP contribution is 2.30. The van der Waals surface area contributed by atoms with Crippen LogP contribution in [0.2, 0.25) is 0 Å². The molecule has 4 rings (SSSR count). The van der Waals surface area contributed by atoms with Crippen molar-refractivity contribution in [2.75, 3.05) is 19.0 Å². The van der Waals surface area contributed by atoms with Gasteiger partial charge in [0.1, 0.15) is 5.75 Å². The first-order chi connectivity index (χ1) is 15.5. The Morgan fingerprint density at radius 2 is 1.94 bits per heavy atom. The molecule has 1 heterocycles. The number of para-hydroxylation sites is 1. The summed E-state index contributed by atoms with van der Waals surface area (Å²) in [6.07, 6.45) is 3.50. The smallest absolute Gasteiger partial charge is 0.339 e. The van der Waals surface area contributed by atoms with Crippen molar-refractivity contribution in [3.05, 3.63) is 69.4 Å². The molecule has 1 N–H and O–H groups in total. The van der Waals surface area contributed by atoms with Gasteiger partial charge < -0.3 is 14.8 Å². The molecule has 0 unspecified atom stereocenters. The monoisotopic (exact) mass is 435 g/mol. The highest BCUT2D eigenvalue weighted by Gasteiger charge is 2.24. The second-order valence-electron chi connectivity index (χ2n) is 7.40. The van der Waals surface area contributed by atoms with E-state index < -0.39 is 23.4 Å². The third-order valence-corrected chi connectivity index (χ3v) is 5.38. The molecule has 32 heavy (non-hydrogen) atoms. The first-order valence-electron chi connectivity index (χ1n) is 10.2. The molecule has 164 valence electrons. The number of carbonyl (C=O) groups excluding carboxylic acids is 2. The zero-order chi connectivity index (χ0) is 22.7. The van der Waals surface area contributed by atoms with Gasteiger partial charge >= 0.3 is 5.97 Å². The molecular weight excluding hydrogens is 414 g/mol. The summed E-state index contributed by atoms with van der Waals surface area (Å²) in [6, 6.07) is 11.2. The molecule has 1 aromatic heterocycles. The molecule has 0 fully saturated rings. The van der Waals surface area contributed by atoms with Crippen molar-refractivity contribution < 1.29 is 24.0 Å². The number of non-ortho nitro benzene ring substituents is 1. The van der Waals surface area contributed by atoms with Crippen LogP contribution in [0.1, 0.15) is 34.5 Å². The van der Waals surface area contributed by atoms with Gasteiger partial charge in [-0.2, -0.15) is 0 Å². The number of anilines is 1. The van der Waals surface area contributed by atoms with Gasteiger partial charge in [-0.25, -0.2) is 4.79 Å². The van der Waals surface area contributed by atoms with Crippen LogP contribution >= 0.6 is 0 Å². The average Bonchev–Trinajstić information content (AvgIpc) is 2.80. The quantitative estimate of drug-likeness (QED) is 0.355. The maximum Gasteiger partial charge on any atom is 0.339 e. The first-order valence-corrected chi connectivity index (χ1v) is 10.2. The molecule has 1 aliphatic carbocycles. The van der Waals surface area contributed by atoms with Gasteiger partial charge in [0.25, 0.3) is 11.6 Å². The summed E-state index contributed by atoms with van der Waals surface area (Å²) in [4.78, 5) is 40.6. The lowest BCUT2D eigenvalue weighted by molar-refractivity contribution is -0.384. The van der Waals surface area contributed by atoms with Crippen molar-refractivity contribution in [1.82, 2.24) is 4.98 Å². The number of nitrogens with zero attached hydrogens (tertiary/aromatic N) is 2. The summed E-state index contributed by atoms with van der Waals surface area (Å²) in [5.41, 5.74) is 2.85. The summed E-state index contributed by atoms with van der Waals surface area (Å²) in [6.45, 7) is -0.546. The third-order valence-electron chi connectivity index (χ3n) is 5.38. The lowest BCUT2D eigenvalue weighted by Gasteiger charge is -2.20. The zero-order valence-electron chi connectivity index (χ0n) is 17.4. The minimum atomic E-state index is -0.635. The summed E-state index contributed by atoms with van der Waals surface area (Å²) in [5, 5.41) is 14.2. The number of ether oxygens (including phenoxy) is 2. The number of fused-ring (bicyclic) bond motifs is 2. The van der Waals surface area contributed by atoms with Gasteiger partial charge in [-0.3, -0.25) is 19.9 Å². The van der Waals surface area contributed by atoms with E-state index in [0.717, 1.165) is 36.9 Å². The van der Waals surface area contributed by atoms with E-state index in [0.29, 0.717) is 16.5 Å². The molecule has 0 saturated heterocycles. The fourth-order valence-corrected chi connectivity index (χ4v) is 3.90. The van der Waals surface area contributed by atoms with E-state index in [1.807, 2.05) is 24.3 Å². The highest BCUT2D eigenvalue weighted by molar-refractivity contribution is 6.06. The molecule has 1 aliphatic rings. The fraction of sp³-hybridized carbons (Fsp3) is 0.261. The van der Waals surface area contributed by atoms with E-state index in [1.165, 1.54) is 25.3 Å². The van der Waals surface area contributed by atoms with E-state index in [9.17, 15) is 19.7 Å². The first kappa shape index (κ1) is 21.2. The molecule has 3 aromatic rings. The summed E-state index contributed by atoms with van der Waals surface area (Å²) >= 11 is 0. The molecule has 0 atom stereocenters. The summed E-state index contributed by atoms with van der Waals surface area (Å²) in [5.74, 6) is -0.975. The Hall–Kier alpha value is -4.01. The molecule has 2 aromatic carbocycles. The van der Waals surface area contributed by atoms with Crippen LogP contribution in [0.4, 0.5) is 11.4 Å². The number of amides is 1. The number of nitrogens with one attached hydrogen (secondary N) is 1. The number of nitro benzene ring substituents is 1. The Morgan fingerprint density at radius 1 is 1.16 bits per heavy atom. The van der Waals surface area contributed by atoms with E-state index in [2.05, 4.69) is 5.32 Å². The summed E-state index contributed by atoms with van der Waals surface area (Å²) < 4.78 is 10.5. The van der Waals surface area contributed by atoms with Gasteiger partial charge in [-0.05, 0) is 43.4 Å². The van der Waals surface area contributed by atoms with E-state index in [-0.39, 0.29) is 17.1 Å². The lowest BCUT2D eigenvalue weighted by Crippen LogP contribution is -2.23. The highest BCUT2D eigenvalue weighted by atomic mass is 16.6. The van der Waals surface area contributed by atoms with Crippen molar-refractivity contribution >= 4 is 34.2 Å². The van der Waals surface area contributed by atoms with Crippen molar-refractivity contribution in [1.29, 1.82) is 0 Å². The van der Waals surface area contributed by atoms with Crippen LogP contribution in [0.25, 0.3) is 10.9 Å². The number of aryl methyl sites for hydroxylation is 1. The molecular formula is C23H21N3O6. The number of pyridine rings is 1. The number of hydrogen-bond acceptors (Lipinski definition) is 7. The Morgan fingerprint density at radius 3 is 2.72 bits per heavy atom. The van der Waals surface area contributed by atoms with Gasteiger partial charge in [0.05, 0.1) is 28.8 Å². The van der Waals surface area contributed by atoms with Crippen LogP contribution in [0.15, 0.2) is 42.5 Å². The maximum atomic E-state index is 13.0. The van der Waals surface area contributed by atoms with E-state index in [1.54, 1.807) is 0 Å². The normalized spacial score (nSPS) is 12.7. The van der Waals surface area contributed by atoms with Crippen molar-refractivity contribution in [2.45, 2.75) is 25.7 Å². The largest absolute Gasteiger partial charge is 0.495 e. The maximum absolute atomic E-state index is 13.0. The van der Waals surface area contributed by atoms with Crippen molar-refractivity contribution in [2.24, 2.45) is 0 Å². The fourth-order valence-electron chi connectivity index (χ4n) is 3.90. The number of nitro groups is 1. The Kier molecular flexibility index (Phi) is 5.98. The number of benzene rings is 2. The standard InChI is InChI=1S/C23H21N3O6/c1-31-20-11-10-14(26(29)30)12-19(20)25-21(27)13-32-23(28)22-15-6-2-4-8-17(15)24-18-9-5-3-7-16(18)22/h2,4,6,8,10-12H,3,5,7,9,13H2,1H3,(H,25,27). The predicted molar refractivity (Wildman–Crippen MR) is 117 cm³/mol. The summed E-state index contributed by atoms with van der Waals surface area (Å²) in [7, 11) is 1.38. The third kappa shape index (κ3) is 4.22. The topological polar surface area (TPSA) is 121 Å². The lowest BCUT2D eigenvalue weighted by atomic mass is 9.90. The minimum absolute atomic E-state index is 0.120. The molecule has 1 amide bonds. The second-order valence-corrected chi connectivity index (χ2v) is 7.40. The average molecular weight is 435 g/mol. The number of rotatable bonds is 6. The number of methoxy groups -OCH3 is 1. The molecule has 0 bridgehead atoms. The zero-order valence-corrected chi connectivity index (χ0v) is 17.4. The molecule has 9 nitrogen and oxygen atoms in total. The van der Waals surface area contributed by atoms with Crippen LogP contribution in [-0.4, -0.2) is 35.5 Å². The number of esters is 1. The van der Waals surface area contributed by atoms with E-state index >= 15 is 0 Å². The van der Waals surface area contributed by atoms with Crippen molar-refractivity contribution in [3.63, 3.8) is 0 Å². The van der Waals surface area contributed by atoms with Gasteiger partial charge in [0, 0.05) is 23.2 Å². The van der Waals surface area contributed by atoms with Crippen molar-refractivity contribution in [3.8, 4) is 5.75 Å². The number of hydrogen-bond donors (Lipinski definition) is 1. The van der Waals surface area contributed by atoms with E-state index in [4.69, 9.17) is 14.5 Å². The molecule has 0 aliphatic heterocycles. The molecule has 0 saturated carbocycles. The number of carbonyl (C=O) groups is 2. The Bertz CT molecular complexity index is 1220. The van der Waals surface area contributed by atoms with Gasteiger partial charge in [-0.15, -0.1) is 0 Å². The second kappa shape index (κ2) is 9.01. The number of aromatic nitrogens is 1. The van der Waals surface area contributed by atoms with Crippen LogP contribution < -0.4 is 10.1 Å². The van der Waals surface area contributed by atoms with Crippen LogP contribution in [0.3, 0.4) is 0 Å². The minimum Gasteiger partial charge on any atom is -0.495 e. The van der Waals surface area contributed by atoms with Gasteiger partial charge in [0.15, 0.2) is 6.61 Å². The van der Waals surface area contributed by atoms with Crippen LogP contribution in [-0.2, 0) is 22.4 Å². The molecule has 0 radical (unpaired) electrons. The van der Waals surface area contributed by atoms with Crippen LogP contribution in [0, 0.1) is 10.1 Å². The molecule has 9 heteroatoms. The van der Waals surface area contributed by atoms with Crippen LogP contribution in [0.5, 0.6) is 5.75 Å². The predicted octanol–water partition coefficient (Wildman–Crippen LogP) is 3.83.